The maximum atomic E-state index is 10.3. The molecular formula is C6H6ClN3O2. The van der Waals surface area contributed by atoms with Crippen LogP contribution in [0.4, 0.5) is 11.4 Å². The Balaban J connectivity index is 3.12. The summed E-state index contributed by atoms with van der Waals surface area (Å²) >= 11 is 5.57. The number of hydrazine groups is 1. The fraction of sp³-hybridized carbons (Fsp3) is 0. The van der Waals surface area contributed by atoms with Gasteiger partial charge in [0.05, 0.1) is 10.6 Å². The van der Waals surface area contributed by atoms with Gasteiger partial charge >= 0.3 is 0 Å². The Bertz CT molecular complexity index is 316. The Kier molecular flexibility index (Phi) is 2.47. The normalized spacial score (nSPS) is 9.50. The third-order valence-electron chi connectivity index (χ3n) is 1.31. The zero-order chi connectivity index (χ0) is 9.14. The topological polar surface area (TPSA) is 81.2 Å². The maximum Gasteiger partial charge on any atom is 0.288 e. The molecule has 5 nitrogen and oxygen atoms in total. The van der Waals surface area contributed by atoms with E-state index in [4.69, 9.17) is 17.4 Å². The average Bonchev–Trinajstić information content (AvgIpc) is 2.03. The number of halogens is 1. The molecule has 0 saturated carbocycles. The second kappa shape index (κ2) is 3.38. The first-order valence-electron chi connectivity index (χ1n) is 3.05. The van der Waals surface area contributed by atoms with Crippen LogP contribution in [0.25, 0.3) is 0 Å². The summed E-state index contributed by atoms with van der Waals surface area (Å²) in [5.74, 6) is 5.07. The van der Waals surface area contributed by atoms with E-state index in [1.54, 1.807) is 0 Å². The predicted octanol–water partition coefficient (Wildman–Crippen LogP) is 1.53. The summed E-state index contributed by atoms with van der Waals surface area (Å²) in [6.07, 6.45) is 0. The molecule has 0 amide bonds. The van der Waals surface area contributed by atoms with Crippen molar-refractivity contribution in [3.63, 3.8) is 0 Å². The highest BCUT2D eigenvalue weighted by Crippen LogP contribution is 2.26. The van der Waals surface area contributed by atoms with Gasteiger partial charge in [-0.1, -0.05) is 11.6 Å². The number of nitrogens with one attached hydrogen (secondary N) is 1. The Labute approximate surface area is 73.2 Å². The third-order valence-corrected chi connectivity index (χ3v) is 1.61. The van der Waals surface area contributed by atoms with E-state index in [0.29, 0.717) is 5.69 Å². The number of nitro groups is 1. The number of rotatable bonds is 2. The number of nitro benzene ring substituents is 1. The monoisotopic (exact) mass is 187 g/mol. The van der Waals surface area contributed by atoms with Crippen LogP contribution in [0, 0.1) is 10.1 Å². The Morgan fingerprint density at radius 2 is 2.25 bits per heavy atom. The number of hydrogen-bond donors (Lipinski definition) is 2. The van der Waals surface area contributed by atoms with Gasteiger partial charge < -0.3 is 5.43 Å². The van der Waals surface area contributed by atoms with E-state index in [1.165, 1.54) is 18.2 Å². The third kappa shape index (κ3) is 1.63. The number of hydrogen-bond acceptors (Lipinski definition) is 4. The lowest BCUT2D eigenvalue weighted by atomic mass is 10.3. The van der Waals surface area contributed by atoms with Gasteiger partial charge in [0, 0.05) is 6.07 Å². The highest BCUT2D eigenvalue weighted by Gasteiger charge is 2.11. The molecule has 1 rings (SSSR count). The molecule has 3 N–H and O–H groups in total. The van der Waals surface area contributed by atoms with E-state index in [2.05, 4.69) is 5.43 Å². The van der Waals surface area contributed by atoms with Crippen molar-refractivity contribution in [2.24, 2.45) is 5.84 Å². The van der Waals surface area contributed by atoms with Gasteiger partial charge in [-0.05, 0) is 12.1 Å². The van der Waals surface area contributed by atoms with E-state index in [1.807, 2.05) is 0 Å². The largest absolute Gasteiger partial charge is 0.324 e. The van der Waals surface area contributed by atoms with Gasteiger partial charge in [0.1, 0.15) is 5.02 Å². The summed E-state index contributed by atoms with van der Waals surface area (Å²) < 4.78 is 0. The van der Waals surface area contributed by atoms with Crippen LogP contribution in [0.15, 0.2) is 18.2 Å². The van der Waals surface area contributed by atoms with Crippen LogP contribution in [0.2, 0.25) is 5.02 Å². The van der Waals surface area contributed by atoms with Gasteiger partial charge in [0.2, 0.25) is 0 Å². The molecule has 6 heteroatoms. The molecule has 0 unspecified atom stereocenters. The maximum absolute atomic E-state index is 10.3. The van der Waals surface area contributed by atoms with Crippen molar-refractivity contribution in [3.8, 4) is 0 Å². The van der Waals surface area contributed by atoms with Crippen molar-refractivity contribution in [2.45, 2.75) is 0 Å². The van der Waals surface area contributed by atoms with Crippen LogP contribution >= 0.6 is 11.6 Å². The van der Waals surface area contributed by atoms with Gasteiger partial charge in [0.25, 0.3) is 5.69 Å². The molecule has 0 fully saturated rings. The highest BCUT2D eigenvalue weighted by atomic mass is 35.5. The summed E-state index contributed by atoms with van der Waals surface area (Å²) in [4.78, 5) is 9.74. The van der Waals surface area contributed by atoms with Crippen molar-refractivity contribution in [2.75, 3.05) is 5.43 Å². The Morgan fingerprint density at radius 1 is 1.58 bits per heavy atom. The summed E-state index contributed by atoms with van der Waals surface area (Å²) in [5.41, 5.74) is 2.73. The van der Waals surface area contributed by atoms with Crippen molar-refractivity contribution >= 4 is 23.0 Å². The van der Waals surface area contributed by atoms with Gasteiger partial charge in [-0.2, -0.15) is 0 Å². The minimum atomic E-state index is -0.553. The van der Waals surface area contributed by atoms with Crippen LogP contribution < -0.4 is 11.3 Å². The first-order valence-corrected chi connectivity index (χ1v) is 3.43. The summed E-state index contributed by atoms with van der Waals surface area (Å²) in [7, 11) is 0. The van der Waals surface area contributed by atoms with E-state index < -0.39 is 4.92 Å². The molecule has 12 heavy (non-hydrogen) atoms. The second-order valence-electron chi connectivity index (χ2n) is 2.07. The molecule has 0 atom stereocenters. The first kappa shape index (κ1) is 8.76. The van der Waals surface area contributed by atoms with E-state index in [0.717, 1.165) is 0 Å². The van der Waals surface area contributed by atoms with Gasteiger partial charge in [-0.25, -0.2) is 0 Å². The lowest BCUT2D eigenvalue weighted by Crippen LogP contribution is -2.06. The average molecular weight is 188 g/mol. The van der Waals surface area contributed by atoms with Gasteiger partial charge in [-0.3, -0.25) is 16.0 Å². The van der Waals surface area contributed by atoms with E-state index in [-0.39, 0.29) is 10.7 Å². The summed E-state index contributed by atoms with van der Waals surface area (Å²) in [6, 6.07) is 4.15. The van der Waals surface area contributed by atoms with Crippen LogP contribution in [0.1, 0.15) is 0 Å². The van der Waals surface area contributed by atoms with Crippen molar-refractivity contribution in [1.82, 2.24) is 0 Å². The van der Waals surface area contributed by atoms with E-state index >= 15 is 0 Å². The second-order valence-corrected chi connectivity index (χ2v) is 2.47. The first-order chi connectivity index (χ1) is 5.65. The minimum Gasteiger partial charge on any atom is -0.324 e. The molecule has 64 valence electrons. The molecule has 0 radical (unpaired) electrons. The van der Waals surface area contributed by atoms with Crippen LogP contribution in [0.3, 0.4) is 0 Å². The molecule has 1 aromatic carbocycles. The van der Waals surface area contributed by atoms with E-state index in [9.17, 15) is 10.1 Å². The number of nitrogen functional groups attached to an aromatic ring is 1. The Morgan fingerprint density at radius 3 is 2.67 bits per heavy atom. The molecule has 0 bridgehead atoms. The lowest BCUT2D eigenvalue weighted by molar-refractivity contribution is -0.384. The molecular weight excluding hydrogens is 182 g/mol. The zero-order valence-corrected chi connectivity index (χ0v) is 6.71. The molecule has 0 heterocycles. The number of benzene rings is 1. The number of nitrogens with zero attached hydrogens (tertiary/aromatic N) is 1. The highest BCUT2D eigenvalue weighted by molar-refractivity contribution is 6.32. The fourth-order valence-electron chi connectivity index (χ4n) is 0.745. The van der Waals surface area contributed by atoms with Crippen molar-refractivity contribution in [3.05, 3.63) is 33.3 Å². The van der Waals surface area contributed by atoms with Gasteiger partial charge in [0.15, 0.2) is 0 Å². The quantitative estimate of drug-likeness (QED) is 0.418. The van der Waals surface area contributed by atoms with Crippen LogP contribution in [-0.4, -0.2) is 4.92 Å². The molecule has 0 spiro atoms. The summed E-state index contributed by atoms with van der Waals surface area (Å²) in [5, 5.41) is 10.4. The Hall–Kier alpha value is -1.33. The number of nitrogens with two attached hydrogens (primary N) is 1. The molecule has 1 aromatic rings. The van der Waals surface area contributed by atoms with Crippen LogP contribution in [0.5, 0.6) is 0 Å². The van der Waals surface area contributed by atoms with Crippen molar-refractivity contribution < 1.29 is 4.92 Å². The minimum absolute atomic E-state index is 0.0652. The van der Waals surface area contributed by atoms with Gasteiger partial charge in [-0.15, -0.1) is 0 Å². The van der Waals surface area contributed by atoms with Crippen molar-refractivity contribution in [1.29, 1.82) is 0 Å². The zero-order valence-electron chi connectivity index (χ0n) is 5.95. The number of anilines is 1. The molecule has 0 saturated heterocycles. The molecule has 0 aliphatic heterocycles. The summed E-state index contributed by atoms with van der Waals surface area (Å²) in [6.45, 7) is 0. The smallest absolute Gasteiger partial charge is 0.288 e. The molecule has 0 aliphatic rings. The molecule has 0 aliphatic carbocycles. The fourth-order valence-corrected chi connectivity index (χ4v) is 0.994. The lowest BCUT2D eigenvalue weighted by Gasteiger charge is -1.99. The van der Waals surface area contributed by atoms with Crippen LogP contribution in [-0.2, 0) is 0 Å². The standard InChI is InChI=1S/C6H6ClN3O2/c7-5-3-4(9-8)1-2-6(5)10(11)12/h1-3,9H,8H2. The predicted molar refractivity (Wildman–Crippen MR) is 45.9 cm³/mol. The molecule has 0 aromatic heterocycles. The SMILES string of the molecule is NNc1ccc([N+](=O)[O-])c(Cl)c1.